The number of amides is 1. The van der Waals surface area contributed by atoms with Crippen LogP contribution in [0.4, 0.5) is 5.69 Å². The first-order chi connectivity index (χ1) is 13.1. The van der Waals surface area contributed by atoms with Crippen LogP contribution in [0, 0.1) is 0 Å². The van der Waals surface area contributed by atoms with Crippen LogP contribution in [0.25, 0.3) is 5.69 Å². The molecule has 0 unspecified atom stereocenters. The van der Waals surface area contributed by atoms with Gasteiger partial charge < -0.3 is 5.32 Å². The normalized spacial score (nSPS) is 14.7. The SMILES string of the molecule is C[C@H](Sc1nc(C2CC2)n(-c2ccccc2)n1)C(=O)Nc1cccnc1Cl. The van der Waals surface area contributed by atoms with E-state index in [1.807, 2.05) is 41.9 Å². The number of para-hydroxylation sites is 1. The summed E-state index contributed by atoms with van der Waals surface area (Å²) in [5.74, 6) is 1.25. The van der Waals surface area contributed by atoms with Gasteiger partial charge in [0.2, 0.25) is 11.1 Å². The Bertz CT molecular complexity index is 958. The van der Waals surface area contributed by atoms with Crippen LogP contribution in [0.15, 0.2) is 53.8 Å². The Kier molecular flexibility index (Phi) is 5.13. The van der Waals surface area contributed by atoms with E-state index in [0.717, 1.165) is 24.4 Å². The summed E-state index contributed by atoms with van der Waals surface area (Å²) < 4.78 is 1.89. The smallest absolute Gasteiger partial charge is 0.237 e. The molecule has 2 aromatic heterocycles. The van der Waals surface area contributed by atoms with Gasteiger partial charge in [-0.15, -0.1) is 5.10 Å². The van der Waals surface area contributed by atoms with E-state index in [9.17, 15) is 4.79 Å². The van der Waals surface area contributed by atoms with E-state index in [4.69, 9.17) is 16.6 Å². The van der Waals surface area contributed by atoms with Crippen molar-refractivity contribution in [1.82, 2.24) is 19.7 Å². The number of nitrogens with zero attached hydrogens (tertiary/aromatic N) is 4. The van der Waals surface area contributed by atoms with E-state index in [2.05, 4.69) is 15.4 Å². The minimum Gasteiger partial charge on any atom is -0.322 e. The zero-order valence-corrected chi connectivity index (χ0v) is 16.2. The van der Waals surface area contributed by atoms with Gasteiger partial charge in [0.1, 0.15) is 5.82 Å². The largest absolute Gasteiger partial charge is 0.322 e. The van der Waals surface area contributed by atoms with Crippen LogP contribution in [0.2, 0.25) is 5.15 Å². The Balaban J connectivity index is 1.50. The van der Waals surface area contributed by atoms with Gasteiger partial charge in [0, 0.05) is 12.1 Å². The predicted octanol–water partition coefficient (Wildman–Crippen LogP) is 4.31. The molecule has 1 N–H and O–H groups in total. The van der Waals surface area contributed by atoms with Gasteiger partial charge in [0.15, 0.2) is 5.15 Å². The van der Waals surface area contributed by atoms with Gasteiger partial charge in [-0.2, -0.15) is 0 Å². The van der Waals surface area contributed by atoms with Crippen molar-refractivity contribution in [2.75, 3.05) is 5.32 Å². The number of benzene rings is 1. The Morgan fingerprint density at radius 1 is 1.26 bits per heavy atom. The number of anilines is 1. The second-order valence-electron chi connectivity index (χ2n) is 6.37. The fourth-order valence-corrected chi connectivity index (χ4v) is 3.57. The van der Waals surface area contributed by atoms with E-state index in [-0.39, 0.29) is 16.3 Å². The van der Waals surface area contributed by atoms with Crippen molar-refractivity contribution in [2.45, 2.75) is 36.1 Å². The van der Waals surface area contributed by atoms with Crippen molar-refractivity contribution in [3.05, 3.63) is 59.6 Å². The van der Waals surface area contributed by atoms with E-state index in [0.29, 0.717) is 16.8 Å². The molecule has 0 bridgehead atoms. The molecule has 0 saturated heterocycles. The molecule has 8 heteroatoms. The highest BCUT2D eigenvalue weighted by atomic mass is 35.5. The second kappa shape index (κ2) is 7.70. The highest BCUT2D eigenvalue weighted by Gasteiger charge is 2.31. The highest BCUT2D eigenvalue weighted by Crippen LogP contribution is 2.40. The third-order valence-corrected chi connectivity index (χ3v) is 5.48. The zero-order valence-electron chi connectivity index (χ0n) is 14.7. The van der Waals surface area contributed by atoms with Gasteiger partial charge in [-0.05, 0) is 44.0 Å². The number of hydrogen-bond donors (Lipinski definition) is 1. The van der Waals surface area contributed by atoms with Crippen molar-refractivity contribution in [3.63, 3.8) is 0 Å². The van der Waals surface area contributed by atoms with Crippen LogP contribution in [0.5, 0.6) is 0 Å². The van der Waals surface area contributed by atoms with Crippen LogP contribution in [0.1, 0.15) is 31.5 Å². The lowest BCUT2D eigenvalue weighted by Gasteiger charge is -2.10. The minimum absolute atomic E-state index is 0.168. The van der Waals surface area contributed by atoms with E-state index < -0.39 is 0 Å². The number of hydrogen-bond acceptors (Lipinski definition) is 5. The van der Waals surface area contributed by atoms with Gasteiger partial charge in [0.05, 0.1) is 16.6 Å². The number of pyridine rings is 1. The molecule has 27 heavy (non-hydrogen) atoms. The lowest BCUT2D eigenvalue weighted by molar-refractivity contribution is -0.115. The number of thioether (sulfide) groups is 1. The summed E-state index contributed by atoms with van der Waals surface area (Å²) >= 11 is 7.34. The number of rotatable bonds is 6. The molecule has 0 radical (unpaired) electrons. The molecule has 1 fully saturated rings. The first-order valence-electron chi connectivity index (χ1n) is 8.72. The van der Waals surface area contributed by atoms with Crippen molar-refractivity contribution < 1.29 is 4.79 Å². The highest BCUT2D eigenvalue weighted by molar-refractivity contribution is 8.00. The Labute approximate surface area is 166 Å². The Hall–Kier alpha value is -2.38. The minimum atomic E-state index is -0.375. The molecule has 2 heterocycles. The molecular weight excluding hydrogens is 382 g/mol. The summed E-state index contributed by atoms with van der Waals surface area (Å²) in [6.45, 7) is 1.82. The molecule has 4 rings (SSSR count). The van der Waals surface area contributed by atoms with Crippen molar-refractivity contribution in [3.8, 4) is 5.69 Å². The molecule has 6 nitrogen and oxygen atoms in total. The second-order valence-corrected chi connectivity index (χ2v) is 8.03. The number of nitrogens with one attached hydrogen (secondary N) is 1. The number of carbonyl (C=O) groups is 1. The fraction of sp³-hybridized carbons (Fsp3) is 0.263. The molecule has 1 amide bonds. The van der Waals surface area contributed by atoms with Crippen molar-refractivity contribution >= 4 is 35.0 Å². The molecule has 138 valence electrons. The van der Waals surface area contributed by atoms with Crippen molar-refractivity contribution in [1.29, 1.82) is 0 Å². The van der Waals surface area contributed by atoms with Gasteiger partial charge in [-0.3, -0.25) is 4.79 Å². The number of carbonyl (C=O) groups excluding carboxylic acids is 1. The van der Waals surface area contributed by atoms with E-state index in [1.54, 1.807) is 18.3 Å². The molecule has 1 atom stereocenters. The van der Waals surface area contributed by atoms with Gasteiger partial charge in [0.25, 0.3) is 0 Å². The van der Waals surface area contributed by atoms with Crippen LogP contribution < -0.4 is 5.32 Å². The monoisotopic (exact) mass is 399 g/mol. The van der Waals surface area contributed by atoms with Crippen LogP contribution >= 0.6 is 23.4 Å². The third kappa shape index (κ3) is 4.14. The molecule has 0 spiro atoms. The zero-order chi connectivity index (χ0) is 18.8. The molecule has 1 aliphatic rings. The van der Waals surface area contributed by atoms with Gasteiger partial charge in [-0.25, -0.2) is 14.6 Å². The molecular formula is C19H18ClN5OS. The average molecular weight is 400 g/mol. The lowest BCUT2D eigenvalue weighted by atomic mass is 10.3. The summed E-state index contributed by atoms with van der Waals surface area (Å²) in [6.07, 6.45) is 3.84. The third-order valence-electron chi connectivity index (χ3n) is 4.22. The Morgan fingerprint density at radius 3 is 2.74 bits per heavy atom. The molecule has 0 aliphatic heterocycles. The predicted molar refractivity (Wildman–Crippen MR) is 107 cm³/mol. The molecule has 1 saturated carbocycles. The first-order valence-corrected chi connectivity index (χ1v) is 9.98. The van der Waals surface area contributed by atoms with Gasteiger partial charge in [-0.1, -0.05) is 41.6 Å². The summed E-state index contributed by atoms with van der Waals surface area (Å²) in [5.41, 5.74) is 1.48. The molecule has 1 aromatic carbocycles. The van der Waals surface area contributed by atoms with Crippen LogP contribution in [0.3, 0.4) is 0 Å². The maximum atomic E-state index is 12.5. The number of halogens is 1. The van der Waals surface area contributed by atoms with Crippen molar-refractivity contribution in [2.24, 2.45) is 0 Å². The summed E-state index contributed by atoms with van der Waals surface area (Å²) in [6, 6.07) is 13.4. The molecule has 1 aliphatic carbocycles. The summed E-state index contributed by atoms with van der Waals surface area (Å²) in [5, 5.41) is 7.93. The quantitative estimate of drug-likeness (QED) is 0.493. The topological polar surface area (TPSA) is 72.7 Å². The van der Waals surface area contributed by atoms with Crippen LogP contribution in [-0.4, -0.2) is 30.9 Å². The Morgan fingerprint density at radius 2 is 2.04 bits per heavy atom. The number of aromatic nitrogens is 4. The lowest BCUT2D eigenvalue weighted by Crippen LogP contribution is -2.22. The summed E-state index contributed by atoms with van der Waals surface area (Å²) in [7, 11) is 0. The fourth-order valence-electron chi connectivity index (χ4n) is 2.64. The standard InChI is InChI=1S/C19H18ClN5OS/c1-12(18(26)22-15-8-5-11-21-16(15)20)27-19-23-17(13-9-10-13)25(24-19)14-6-3-2-4-7-14/h2-8,11-13H,9-10H2,1H3,(H,22,26)/t12-/m0/s1. The maximum absolute atomic E-state index is 12.5. The van der Waals surface area contributed by atoms with E-state index in [1.165, 1.54) is 11.8 Å². The maximum Gasteiger partial charge on any atom is 0.237 e. The summed E-state index contributed by atoms with van der Waals surface area (Å²) in [4.78, 5) is 21.2. The molecule has 3 aromatic rings. The van der Waals surface area contributed by atoms with E-state index >= 15 is 0 Å². The average Bonchev–Trinajstić information content (AvgIpc) is 3.44. The first kappa shape index (κ1) is 18.0. The van der Waals surface area contributed by atoms with Crippen LogP contribution in [-0.2, 0) is 4.79 Å². The van der Waals surface area contributed by atoms with Gasteiger partial charge >= 0.3 is 0 Å².